The van der Waals surface area contributed by atoms with E-state index < -0.39 is 5.60 Å². The van der Waals surface area contributed by atoms with Crippen LogP contribution < -0.4 is 5.32 Å². The molecular weight excluding hydrogens is 418 g/mol. The number of benzene rings is 2. The first-order chi connectivity index (χ1) is 11.6. The highest BCUT2D eigenvalue weighted by molar-refractivity contribution is 14.1. The fraction of sp³-hybridized carbons (Fsp3) is 0.316. The maximum Gasteiger partial charge on any atom is 0.135 e. The molecule has 124 valence electrons. The fourth-order valence-electron chi connectivity index (χ4n) is 3.29. The lowest BCUT2D eigenvalue weighted by Crippen LogP contribution is -2.28. The highest BCUT2D eigenvalue weighted by Crippen LogP contribution is 2.52. The monoisotopic (exact) mass is 436 g/mol. The second-order valence-electron chi connectivity index (χ2n) is 5.89. The van der Waals surface area contributed by atoms with E-state index in [1.54, 1.807) is 12.1 Å². The van der Waals surface area contributed by atoms with Crippen LogP contribution in [0.25, 0.3) is 0 Å². The molecule has 2 aromatic rings. The van der Waals surface area contributed by atoms with Gasteiger partial charge in [0, 0.05) is 0 Å². The van der Waals surface area contributed by atoms with Crippen LogP contribution in [0.15, 0.2) is 42.5 Å². The van der Waals surface area contributed by atoms with Crippen molar-refractivity contribution in [3.63, 3.8) is 0 Å². The largest absolute Gasteiger partial charge is 0.347 e. The van der Waals surface area contributed by atoms with Gasteiger partial charge in [-0.2, -0.15) is 5.26 Å². The molecule has 0 fully saturated rings. The molecule has 0 bridgehead atoms. The van der Waals surface area contributed by atoms with Crippen molar-refractivity contribution in [1.82, 2.24) is 5.32 Å². The number of hydrogen-bond donors (Lipinski definition) is 1. The molecular formula is C19H18FIN2O. The highest BCUT2D eigenvalue weighted by Gasteiger charge is 2.45. The average Bonchev–Trinajstić information content (AvgIpc) is 2.88. The topological polar surface area (TPSA) is 45.0 Å². The Kier molecular flexibility index (Phi) is 5.18. The zero-order chi connectivity index (χ0) is 17.2. The minimum Gasteiger partial charge on any atom is -0.347 e. The summed E-state index contributed by atoms with van der Waals surface area (Å²) in [5, 5.41) is 12.3. The van der Waals surface area contributed by atoms with Gasteiger partial charge in [0.25, 0.3) is 0 Å². The van der Waals surface area contributed by atoms with Gasteiger partial charge in [0.15, 0.2) is 0 Å². The lowest BCUT2D eigenvalue weighted by Gasteiger charge is -2.31. The van der Waals surface area contributed by atoms with Gasteiger partial charge in [-0.1, -0.05) is 18.2 Å². The van der Waals surface area contributed by atoms with E-state index in [1.807, 2.05) is 25.2 Å². The molecule has 0 amide bonds. The molecule has 0 radical (unpaired) electrons. The minimum atomic E-state index is -0.597. The van der Waals surface area contributed by atoms with Crippen molar-refractivity contribution in [3.8, 4) is 6.07 Å². The number of ether oxygens (including phenoxy) is 1. The molecule has 3 rings (SSSR count). The normalized spacial score (nSPS) is 22.2. The van der Waals surface area contributed by atoms with Crippen LogP contribution in [0.5, 0.6) is 0 Å². The first-order valence-corrected chi connectivity index (χ1v) is 9.12. The fourth-order valence-corrected chi connectivity index (χ4v) is 4.24. The molecule has 5 heteroatoms. The molecule has 1 heterocycles. The summed E-state index contributed by atoms with van der Waals surface area (Å²) in [4.78, 5) is 0. The number of hydrogen-bond acceptors (Lipinski definition) is 3. The molecule has 2 unspecified atom stereocenters. The SMILES string of the molecule is CNCCCC1(c2ccc(F)cc2)OC(I)c2cc(C#N)ccc21. The zero-order valence-electron chi connectivity index (χ0n) is 13.4. The standard InChI is InChI=1S/C19H18FIN2O/c1-23-10-2-9-19(14-4-6-15(20)7-5-14)17-8-3-13(12-22)11-16(17)18(21)24-19/h3-8,11,18,23H,2,9-10H2,1H3. The second kappa shape index (κ2) is 7.18. The van der Waals surface area contributed by atoms with Gasteiger partial charge in [-0.3, -0.25) is 0 Å². The molecule has 1 N–H and O–H groups in total. The Balaban J connectivity index is 2.10. The third-order valence-electron chi connectivity index (χ3n) is 4.43. The molecule has 0 spiro atoms. The lowest BCUT2D eigenvalue weighted by atomic mass is 9.81. The van der Waals surface area contributed by atoms with Gasteiger partial charge in [0.2, 0.25) is 0 Å². The van der Waals surface area contributed by atoms with Gasteiger partial charge >= 0.3 is 0 Å². The number of alkyl halides is 1. The average molecular weight is 436 g/mol. The number of nitrogens with zero attached hydrogens (tertiary/aromatic N) is 1. The third kappa shape index (κ3) is 3.06. The minimum absolute atomic E-state index is 0.134. The summed E-state index contributed by atoms with van der Waals surface area (Å²) in [5.41, 5.74) is 3.08. The summed E-state index contributed by atoms with van der Waals surface area (Å²) in [5.74, 6) is -0.256. The van der Waals surface area contributed by atoms with Gasteiger partial charge < -0.3 is 10.1 Å². The molecule has 1 aliphatic rings. The molecule has 2 aromatic carbocycles. The van der Waals surface area contributed by atoms with Crippen molar-refractivity contribution >= 4 is 22.6 Å². The Morgan fingerprint density at radius 1 is 1.29 bits per heavy atom. The number of nitrogens with one attached hydrogen (secondary N) is 1. The lowest BCUT2D eigenvalue weighted by molar-refractivity contribution is -0.0105. The van der Waals surface area contributed by atoms with Gasteiger partial charge in [-0.05, 0) is 90.0 Å². The maximum atomic E-state index is 13.4. The molecule has 0 aliphatic carbocycles. The molecule has 0 saturated heterocycles. The van der Waals surface area contributed by atoms with E-state index in [0.717, 1.165) is 36.1 Å². The molecule has 24 heavy (non-hydrogen) atoms. The Morgan fingerprint density at radius 3 is 2.71 bits per heavy atom. The summed E-state index contributed by atoms with van der Waals surface area (Å²) in [6.07, 6.45) is 1.72. The number of nitriles is 1. The Labute approximate surface area is 155 Å². The van der Waals surface area contributed by atoms with Crippen LogP contribution in [0.2, 0.25) is 0 Å². The van der Waals surface area contributed by atoms with Crippen LogP contribution in [0.3, 0.4) is 0 Å². The third-order valence-corrected chi connectivity index (χ3v) is 5.36. The van der Waals surface area contributed by atoms with Crippen molar-refractivity contribution in [2.75, 3.05) is 13.6 Å². The van der Waals surface area contributed by atoms with Crippen LogP contribution in [-0.4, -0.2) is 13.6 Å². The Morgan fingerprint density at radius 2 is 2.04 bits per heavy atom. The quantitative estimate of drug-likeness (QED) is 0.429. The van der Waals surface area contributed by atoms with Crippen LogP contribution in [0, 0.1) is 17.1 Å². The summed E-state index contributed by atoms with van der Waals surface area (Å²) in [6, 6.07) is 14.4. The van der Waals surface area contributed by atoms with E-state index in [2.05, 4.69) is 34.0 Å². The first kappa shape index (κ1) is 17.3. The summed E-state index contributed by atoms with van der Waals surface area (Å²) in [7, 11) is 1.92. The van der Waals surface area contributed by atoms with Crippen molar-refractivity contribution in [2.24, 2.45) is 0 Å². The summed E-state index contributed by atoms with van der Waals surface area (Å²) < 4.78 is 19.7. The van der Waals surface area contributed by atoms with Crippen LogP contribution in [0.1, 0.15) is 39.2 Å². The van der Waals surface area contributed by atoms with Crippen LogP contribution >= 0.6 is 22.6 Å². The van der Waals surface area contributed by atoms with Crippen molar-refractivity contribution in [2.45, 2.75) is 22.6 Å². The maximum absolute atomic E-state index is 13.4. The molecule has 2 atom stereocenters. The van der Waals surface area contributed by atoms with E-state index in [4.69, 9.17) is 10.00 Å². The zero-order valence-corrected chi connectivity index (χ0v) is 15.5. The predicted molar refractivity (Wildman–Crippen MR) is 99.3 cm³/mol. The molecule has 3 nitrogen and oxygen atoms in total. The Bertz CT molecular complexity index is 772. The van der Waals surface area contributed by atoms with E-state index in [1.165, 1.54) is 12.1 Å². The number of rotatable bonds is 5. The number of halogens is 2. The molecule has 1 aliphatic heterocycles. The van der Waals surface area contributed by atoms with Crippen LogP contribution in [0.4, 0.5) is 4.39 Å². The summed E-state index contributed by atoms with van der Waals surface area (Å²) >= 11 is 2.25. The predicted octanol–water partition coefficient (Wildman–Crippen LogP) is 4.40. The van der Waals surface area contributed by atoms with Gasteiger partial charge in [0.1, 0.15) is 15.5 Å². The van der Waals surface area contributed by atoms with Gasteiger partial charge in [-0.15, -0.1) is 0 Å². The summed E-state index contributed by atoms with van der Waals surface area (Å²) in [6.45, 7) is 0.879. The Hall–Kier alpha value is -1.49. The van der Waals surface area contributed by atoms with E-state index >= 15 is 0 Å². The van der Waals surface area contributed by atoms with E-state index in [0.29, 0.717) is 5.56 Å². The number of fused-ring (bicyclic) bond motifs is 1. The van der Waals surface area contributed by atoms with Crippen molar-refractivity contribution in [3.05, 3.63) is 70.5 Å². The van der Waals surface area contributed by atoms with Crippen LogP contribution in [-0.2, 0) is 10.3 Å². The highest BCUT2D eigenvalue weighted by atomic mass is 127. The van der Waals surface area contributed by atoms with Gasteiger partial charge in [0.05, 0.1) is 11.6 Å². The second-order valence-corrected chi connectivity index (χ2v) is 7.02. The van der Waals surface area contributed by atoms with Gasteiger partial charge in [-0.25, -0.2) is 4.39 Å². The first-order valence-electron chi connectivity index (χ1n) is 7.88. The molecule has 0 aromatic heterocycles. The van der Waals surface area contributed by atoms with E-state index in [9.17, 15) is 4.39 Å². The van der Waals surface area contributed by atoms with Crippen molar-refractivity contribution in [1.29, 1.82) is 5.26 Å². The van der Waals surface area contributed by atoms with E-state index in [-0.39, 0.29) is 9.93 Å². The van der Waals surface area contributed by atoms with Crippen molar-refractivity contribution < 1.29 is 9.13 Å². The molecule has 0 saturated carbocycles. The smallest absolute Gasteiger partial charge is 0.135 e.